The number of nitrogens with zero attached hydrogens (tertiary/aromatic N) is 4. The topological polar surface area (TPSA) is 63.1 Å². The highest BCUT2D eigenvalue weighted by atomic mass is 16.2. The first-order valence-electron chi connectivity index (χ1n) is 6.02. The maximum absolute atomic E-state index is 11.9. The van der Waals surface area contributed by atoms with E-state index in [1.54, 1.807) is 0 Å². The number of hydrogen-bond acceptors (Lipinski definition) is 4. The van der Waals surface area contributed by atoms with Crippen LogP contribution in [-0.4, -0.2) is 51.8 Å². The fourth-order valence-electron chi connectivity index (χ4n) is 1.96. The molecule has 1 aromatic heterocycles. The van der Waals surface area contributed by atoms with E-state index in [0.717, 1.165) is 37.8 Å². The molecule has 1 aromatic rings. The normalized spacial score (nSPS) is 16.2. The van der Waals surface area contributed by atoms with Crippen LogP contribution in [0.15, 0.2) is 0 Å². The van der Waals surface area contributed by atoms with Gasteiger partial charge in [-0.2, -0.15) is 0 Å². The van der Waals surface area contributed by atoms with Crippen LogP contribution in [0, 0.1) is 6.92 Å². The van der Waals surface area contributed by atoms with Gasteiger partial charge in [-0.05, 0) is 6.92 Å². The molecule has 1 aliphatic heterocycles. The summed E-state index contributed by atoms with van der Waals surface area (Å²) in [4.78, 5) is 13.8. The van der Waals surface area contributed by atoms with Gasteiger partial charge < -0.3 is 14.8 Å². The first kappa shape index (κ1) is 12.0. The molecule has 0 aromatic carbocycles. The summed E-state index contributed by atoms with van der Waals surface area (Å²) in [6.07, 6.45) is 1.19. The molecule has 0 aliphatic carbocycles. The first-order valence-corrected chi connectivity index (χ1v) is 6.02. The largest absolute Gasteiger partial charge is 0.340 e. The molecule has 17 heavy (non-hydrogen) atoms. The van der Waals surface area contributed by atoms with Crippen molar-refractivity contribution in [1.29, 1.82) is 0 Å². The molecule has 0 saturated carbocycles. The van der Waals surface area contributed by atoms with E-state index in [1.165, 1.54) is 0 Å². The fraction of sp³-hybridized carbons (Fsp3) is 0.727. The molecule has 0 bridgehead atoms. The minimum absolute atomic E-state index is 0.215. The third-order valence-corrected chi connectivity index (χ3v) is 3.21. The average Bonchev–Trinajstić information content (AvgIpc) is 2.68. The number of amides is 1. The molecular formula is C11H19N5O. The van der Waals surface area contributed by atoms with Crippen LogP contribution in [0.2, 0.25) is 0 Å². The van der Waals surface area contributed by atoms with Crippen LogP contribution < -0.4 is 5.32 Å². The van der Waals surface area contributed by atoms with Gasteiger partial charge in [0.05, 0.1) is 0 Å². The molecule has 2 heterocycles. The quantitative estimate of drug-likeness (QED) is 0.769. The highest BCUT2D eigenvalue weighted by Gasteiger charge is 2.16. The van der Waals surface area contributed by atoms with E-state index >= 15 is 0 Å². The van der Waals surface area contributed by atoms with Crippen LogP contribution in [0.25, 0.3) is 0 Å². The van der Waals surface area contributed by atoms with E-state index in [4.69, 9.17) is 0 Å². The van der Waals surface area contributed by atoms with E-state index in [0.29, 0.717) is 12.8 Å². The molecule has 0 atom stereocenters. The van der Waals surface area contributed by atoms with E-state index < -0.39 is 0 Å². The lowest BCUT2D eigenvalue weighted by Gasteiger charge is -2.27. The number of piperazine rings is 1. The van der Waals surface area contributed by atoms with Crippen molar-refractivity contribution < 1.29 is 4.79 Å². The van der Waals surface area contributed by atoms with Gasteiger partial charge in [0.2, 0.25) is 5.91 Å². The molecule has 1 saturated heterocycles. The molecule has 0 spiro atoms. The van der Waals surface area contributed by atoms with Crippen molar-refractivity contribution in [2.45, 2.75) is 19.8 Å². The van der Waals surface area contributed by atoms with Crippen molar-refractivity contribution in [2.75, 3.05) is 26.2 Å². The predicted molar refractivity (Wildman–Crippen MR) is 63.5 cm³/mol. The highest BCUT2D eigenvalue weighted by Crippen LogP contribution is 2.04. The lowest BCUT2D eigenvalue weighted by molar-refractivity contribution is -0.131. The standard InChI is InChI=1S/C11H19N5O/c1-9-13-14-10(15(9)2)3-4-11(17)16-7-5-12-6-8-16/h12H,3-8H2,1-2H3. The number of nitrogens with one attached hydrogen (secondary N) is 1. The number of carbonyl (C=O) groups excluding carboxylic acids is 1. The average molecular weight is 237 g/mol. The minimum Gasteiger partial charge on any atom is -0.340 e. The molecule has 1 aliphatic rings. The Morgan fingerprint density at radius 1 is 1.35 bits per heavy atom. The van der Waals surface area contributed by atoms with Crippen molar-refractivity contribution in [3.8, 4) is 0 Å². The molecule has 0 unspecified atom stereocenters. The Hall–Kier alpha value is -1.43. The second-order valence-electron chi connectivity index (χ2n) is 4.35. The van der Waals surface area contributed by atoms with Gasteiger partial charge in [0.15, 0.2) is 0 Å². The summed E-state index contributed by atoms with van der Waals surface area (Å²) in [6, 6.07) is 0. The predicted octanol–water partition coefficient (Wildman–Crippen LogP) is -0.512. The van der Waals surface area contributed by atoms with E-state index in [1.807, 2.05) is 23.4 Å². The van der Waals surface area contributed by atoms with Crippen molar-refractivity contribution >= 4 is 5.91 Å². The highest BCUT2D eigenvalue weighted by molar-refractivity contribution is 5.76. The van der Waals surface area contributed by atoms with Gasteiger partial charge in [0.1, 0.15) is 11.6 Å². The van der Waals surface area contributed by atoms with Crippen molar-refractivity contribution in [2.24, 2.45) is 7.05 Å². The van der Waals surface area contributed by atoms with E-state index in [-0.39, 0.29) is 5.91 Å². The van der Waals surface area contributed by atoms with Crippen LogP contribution in [0.4, 0.5) is 0 Å². The lowest BCUT2D eigenvalue weighted by Crippen LogP contribution is -2.46. The Labute approximate surface area is 101 Å². The number of carbonyl (C=O) groups is 1. The molecule has 94 valence electrons. The second kappa shape index (κ2) is 5.27. The zero-order chi connectivity index (χ0) is 12.3. The van der Waals surface area contributed by atoms with E-state index in [2.05, 4.69) is 15.5 Å². The lowest BCUT2D eigenvalue weighted by atomic mass is 10.2. The molecule has 2 rings (SSSR count). The summed E-state index contributed by atoms with van der Waals surface area (Å²) in [5.74, 6) is 1.98. The van der Waals surface area contributed by atoms with Crippen LogP contribution in [-0.2, 0) is 18.3 Å². The number of hydrogen-bond donors (Lipinski definition) is 1. The maximum Gasteiger partial charge on any atom is 0.223 e. The SMILES string of the molecule is Cc1nnc(CCC(=O)N2CCNCC2)n1C. The first-order chi connectivity index (χ1) is 8.18. The van der Waals surface area contributed by atoms with Crippen molar-refractivity contribution in [3.05, 3.63) is 11.6 Å². The van der Waals surface area contributed by atoms with Crippen LogP contribution in [0.5, 0.6) is 0 Å². The Bertz CT molecular complexity index is 395. The zero-order valence-corrected chi connectivity index (χ0v) is 10.4. The van der Waals surface area contributed by atoms with Gasteiger partial charge in [-0.1, -0.05) is 0 Å². The van der Waals surface area contributed by atoms with Crippen LogP contribution in [0.3, 0.4) is 0 Å². The molecule has 1 N–H and O–H groups in total. The number of aryl methyl sites for hydroxylation is 2. The Morgan fingerprint density at radius 3 is 2.65 bits per heavy atom. The van der Waals surface area contributed by atoms with E-state index in [9.17, 15) is 4.79 Å². The summed E-state index contributed by atoms with van der Waals surface area (Å²) in [5.41, 5.74) is 0. The third kappa shape index (κ3) is 2.82. The Kier molecular flexibility index (Phi) is 3.73. The Balaban J connectivity index is 1.85. The van der Waals surface area contributed by atoms with Crippen molar-refractivity contribution in [3.63, 3.8) is 0 Å². The summed E-state index contributed by atoms with van der Waals surface area (Å²) in [5, 5.41) is 11.3. The molecule has 6 nitrogen and oxygen atoms in total. The zero-order valence-electron chi connectivity index (χ0n) is 10.4. The summed E-state index contributed by atoms with van der Waals surface area (Å²) in [7, 11) is 1.93. The fourth-order valence-corrected chi connectivity index (χ4v) is 1.96. The summed E-state index contributed by atoms with van der Waals surface area (Å²) in [6.45, 7) is 5.34. The third-order valence-electron chi connectivity index (χ3n) is 3.21. The molecule has 0 radical (unpaired) electrons. The number of rotatable bonds is 3. The van der Waals surface area contributed by atoms with Gasteiger partial charge in [-0.15, -0.1) is 10.2 Å². The molecule has 1 amide bonds. The van der Waals surface area contributed by atoms with Gasteiger partial charge in [-0.3, -0.25) is 4.79 Å². The monoisotopic (exact) mass is 237 g/mol. The minimum atomic E-state index is 0.215. The van der Waals surface area contributed by atoms with Crippen LogP contribution in [0.1, 0.15) is 18.1 Å². The smallest absolute Gasteiger partial charge is 0.223 e. The number of aromatic nitrogens is 3. The van der Waals surface area contributed by atoms with Gasteiger partial charge in [0.25, 0.3) is 0 Å². The second-order valence-corrected chi connectivity index (χ2v) is 4.35. The maximum atomic E-state index is 11.9. The summed E-state index contributed by atoms with van der Waals surface area (Å²) >= 11 is 0. The van der Waals surface area contributed by atoms with Gasteiger partial charge in [0, 0.05) is 46.1 Å². The Morgan fingerprint density at radius 2 is 2.06 bits per heavy atom. The molecule has 1 fully saturated rings. The molecular weight excluding hydrogens is 218 g/mol. The van der Waals surface area contributed by atoms with Gasteiger partial charge >= 0.3 is 0 Å². The van der Waals surface area contributed by atoms with Crippen molar-refractivity contribution in [1.82, 2.24) is 25.0 Å². The molecule has 6 heteroatoms. The summed E-state index contributed by atoms with van der Waals surface area (Å²) < 4.78 is 1.94. The van der Waals surface area contributed by atoms with Gasteiger partial charge in [-0.25, -0.2) is 0 Å². The van der Waals surface area contributed by atoms with Crippen LogP contribution >= 0.6 is 0 Å².